The minimum atomic E-state index is -0.488. The number of para-hydroxylation sites is 1. The molecule has 0 radical (unpaired) electrons. The summed E-state index contributed by atoms with van der Waals surface area (Å²) in [5, 5.41) is 16.0. The van der Waals surface area contributed by atoms with Gasteiger partial charge in [-0.15, -0.1) is 0 Å². The molecule has 0 unspecified atom stereocenters. The number of phenolic OH excluding ortho intramolecular Hbond substituents is 1. The first-order valence-corrected chi connectivity index (χ1v) is 9.26. The molecule has 0 spiro atoms. The lowest BCUT2D eigenvalue weighted by Crippen LogP contribution is -2.21. The van der Waals surface area contributed by atoms with E-state index in [4.69, 9.17) is 9.47 Å². The first kappa shape index (κ1) is 21.4. The van der Waals surface area contributed by atoms with E-state index in [2.05, 4.69) is 15.8 Å². The molecule has 3 aromatic rings. The van der Waals surface area contributed by atoms with E-state index in [-0.39, 0.29) is 11.3 Å². The van der Waals surface area contributed by atoms with Crippen molar-refractivity contribution in [2.45, 2.75) is 0 Å². The van der Waals surface area contributed by atoms with Crippen LogP contribution in [-0.2, 0) is 0 Å². The number of rotatable bonds is 7. The predicted molar refractivity (Wildman–Crippen MR) is 117 cm³/mol. The molecule has 158 valence electrons. The standard InChI is InChI=1S/C23H21N3O5/c1-30-20-12-9-16(13-21(20)31-2)22(28)25-19-6-4-3-5-18(19)23(29)26-24-14-15-7-10-17(27)11-8-15/h3-14,27H,1-2H3,(H,25,28)(H,26,29). The summed E-state index contributed by atoms with van der Waals surface area (Å²) in [5.74, 6) is 0.169. The average molecular weight is 419 g/mol. The van der Waals surface area contributed by atoms with Crippen molar-refractivity contribution in [3.05, 3.63) is 83.4 Å². The van der Waals surface area contributed by atoms with Crippen LogP contribution in [0, 0.1) is 0 Å². The molecule has 0 atom stereocenters. The van der Waals surface area contributed by atoms with E-state index < -0.39 is 11.8 Å². The molecule has 0 heterocycles. The third kappa shape index (κ3) is 5.39. The Morgan fingerprint density at radius 1 is 0.903 bits per heavy atom. The molecular formula is C23H21N3O5. The van der Waals surface area contributed by atoms with Crippen LogP contribution >= 0.6 is 0 Å². The van der Waals surface area contributed by atoms with E-state index in [1.54, 1.807) is 54.6 Å². The van der Waals surface area contributed by atoms with Gasteiger partial charge >= 0.3 is 0 Å². The van der Waals surface area contributed by atoms with E-state index >= 15 is 0 Å². The first-order chi connectivity index (χ1) is 15.0. The molecule has 2 amide bonds. The highest BCUT2D eigenvalue weighted by Crippen LogP contribution is 2.28. The van der Waals surface area contributed by atoms with Crippen LogP contribution in [0.15, 0.2) is 71.8 Å². The molecule has 0 aliphatic rings. The number of phenols is 1. The molecular weight excluding hydrogens is 398 g/mol. The van der Waals surface area contributed by atoms with Gasteiger partial charge in [-0.2, -0.15) is 5.10 Å². The number of methoxy groups -OCH3 is 2. The van der Waals surface area contributed by atoms with E-state index in [9.17, 15) is 14.7 Å². The van der Waals surface area contributed by atoms with E-state index in [0.717, 1.165) is 0 Å². The fourth-order valence-electron chi connectivity index (χ4n) is 2.75. The van der Waals surface area contributed by atoms with E-state index in [0.29, 0.717) is 28.3 Å². The number of ether oxygens (including phenoxy) is 2. The Kier molecular flexibility index (Phi) is 6.85. The number of carbonyl (C=O) groups is 2. The molecule has 0 aliphatic carbocycles. The molecule has 3 N–H and O–H groups in total. The summed E-state index contributed by atoms with van der Waals surface area (Å²) in [6.07, 6.45) is 1.45. The summed E-state index contributed by atoms with van der Waals surface area (Å²) in [7, 11) is 2.99. The van der Waals surface area contributed by atoms with Gasteiger partial charge in [0.05, 0.1) is 31.7 Å². The number of aromatic hydroxyl groups is 1. The number of nitrogens with zero attached hydrogens (tertiary/aromatic N) is 1. The molecule has 0 saturated heterocycles. The second-order valence-corrected chi connectivity index (χ2v) is 6.36. The minimum Gasteiger partial charge on any atom is -0.508 e. The number of hydrazone groups is 1. The van der Waals surface area contributed by atoms with Crippen molar-refractivity contribution in [2.75, 3.05) is 19.5 Å². The van der Waals surface area contributed by atoms with Crippen LogP contribution in [0.3, 0.4) is 0 Å². The number of hydrogen-bond donors (Lipinski definition) is 3. The molecule has 3 aromatic carbocycles. The zero-order valence-corrected chi connectivity index (χ0v) is 17.0. The minimum absolute atomic E-state index is 0.139. The van der Waals surface area contributed by atoms with Gasteiger partial charge in [-0.1, -0.05) is 12.1 Å². The van der Waals surface area contributed by atoms with Gasteiger partial charge in [0.15, 0.2) is 11.5 Å². The highest BCUT2D eigenvalue weighted by atomic mass is 16.5. The number of amides is 2. The number of anilines is 1. The van der Waals surface area contributed by atoms with Crippen LogP contribution < -0.4 is 20.2 Å². The molecule has 0 aromatic heterocycles. The Morgan fingerprint density at radius 3 is 2.32 bits per heavy atom. The lowest BCUT2D eigenvalue weighted by molar-refractivity contribution is 0.0956. The van der Waals surface area contributed by atoms with Crippen LogP contribution in [0.4, 0.5) is 5.69 Å². The molecule has 8 nitrogen and oxygen atoms in total. The summed E-state index contributed by atoms with van der Waals surface area (Å²) in [4.78, 5) is 25.3. The number of carbonyl (C=O) groups excluding carboxylic acids is 2. The maximum Gasteiger partial charge on any atom is 0.273 e. The average Bonchev–Trinajstić information content (AvgIpc) is 2.80. The number of hydrogen-bond acceptors (Lipinski definition) is 6. The van der Waals surface area contributed by atoms with Crippen LogP contribution in [0.2, 0.25) is 0 Å². The molecule has 31 heavy (non-hydrogen) atoms. The zero-order chi connectivity index (χ0) is 22.2. The van der Waals surface area contributed by atoms with Gasteiger partial charge < -0.3 is 19.9 Å². The maximum atomic E-state index is 12.7. The largest absolute Gasteiger partial charge is 0.508 e. The smallest absolute Gasteiger partial charge is 0.273 e. The Morgan fingerprint density at radius 2 is 1.61 bits per heavy atom. The molecule has 8 heteroatoms. The summed E-state index contributed by atoms with van der Waals surface area (Å²) in [5.41, 5.74) is 4.06. The summed E-state index contributed by atoms with van der Waals surface area (Å²) in [6, 6.07) is 17.7. The lowest BCUT2D eigenvalue weighted by Gasteiger charge is -2.12. The van der Waals surface area contributed by atoms with E-state index in [1.807, 2.05) is 0 Å². The number of nitrogens with one attached hydrogen (secondary N) is 2. The van der Waals surface area contributed by atoms with Gasteiger partial charge in [-0.3, -0.25) is 9.59 Å². The van der Waals surface area contributed by atoms with Crippen molar-refractivity contribution < 1.29 is 24.2 Å². The molecule has 0 saturated carbocycles. The van der Waals surface area contributed by atoms with Crippen molar-refractivity contribution >= 4 is 23.7 Å². The summed E-state index contributed by atoms with van der Waals surface area (Å²) >= 11 is 0. The molecule has 0 bridgehead atoms. The highest BCUT2D eigenvalue weighted by Gasteiger charge is 2.15. The van der Waals surface area contributed by atoms with Crippen LogP contribution in [-0.4, -0.2) is 37.4 Å². The first-order valence-electron chi connectivity index (χ1n) is 9.26. The van der Waals surface area contributed by atoms with Gasteiger partial charge in [0.2, 0.25) is 0 Å². The second kappa shape index (κ2) is 9.93. The monoisotopic (exact) mass is 419 g/mol. The Balaban J connectivity index is 1.73. The summed E-state index contributed by atoms with van der Waals surface area (Å²) < 4.78 is 10.4. The molecule has 0 fully saturated rings. The van der Waals surface area contributed by atoms with Crippen molar-refractivity contribution in [1.82, 2.24) is 5.43 Å². The quantitative estimate of drug-likeness (QED) is 0.402. The third-order valence-electron chi connectivity index (χ3n) is 4.34. The van der Waals surface area contributed by atoms with Crippen molar-refractivity contribution in [3.63, 3.8) is 0 Å². The molecule has 0 aliphatic heterocycles. The lowest BCUT2D eigenvalue weighted by atomic mass is 10.1. The Bertz CT molecular complexity index is 1110. The van der Waals surface area contributed by atoms with Gasteiger partial charge in [0.1, 0.15) is 5.75 Å². The van der Waals surface area contributed by atoms with Gasteiger partial charge in [-0.25, -0.2) is 5.43 Å². The van der Waals surface area contributed by atoms with Crippen molar-refractivity contribution in [2.24, 2.45) is 5.10 Å². The predicted octanol–water partition coefficient (Wildman–Crippen LogP) is 3.43. The second-order valence-electron chi connectivity index (χ2n) is 6.36. The Labute approximate surface area is 179 Å². The highest BCUT2D eigenvalue weighted by molar-refractivity contribution is 6.09. The topological polar surface area (TPSA) is 109 Å². The summed E-state index contributed by atoms with van der Waals surface area (Å²) in [6.45, 7) is 0. The van der Waals surface area contributed by atoms with Gasteiger partial charge in [0, 0.05) is 5.56 Å². The Hall–Kier alpha value is -4.33. The van der Waals surface area contributed by atoms with Crippen LogP contribution in [0.1, 0.15) is 26.3 Å². The maximum absolute atomic E-state index is 12.7. The normalized spacial score (nSPS) is 10.5. The fraction of sp³-hybridized carbons (Fsp3) is 0.0870. The van der Waals surface area contributed by atoms with Crippen molar-refractivity contribution in [3.8, 4) is 17.2 Å². The van der Waals surface area contributed by atoms with Gasteiger partial charge in [-0.05, 0) is 60.2 Å². The SMILES string of the molecule is COc1ccc(C(=O)Nc2ccccc2C(=O)NN=Cc2ccc(O)cc2)cc1OC. The fourth-order valence-corrected chi connectivity index (χ4v) is 2.75. The molecule has 3 rings (SSSR count). The van der Waals surface area contributed by atoms with Crippen molar-refractivity contribution in [1.29, 1.82) is 0 Å². The number of benzene rings is 3. The van der Waals surface area contributed by atoms with E-state index in [1.165, 1.54) is 32.6 Å². The third-order valence-corrected chi connectivity index (χ3v) is 4.34. The van der Waals surface area contributed by atoms with Crippen LogP contribution in [0.25, 0.3) is 0 Å². The zero-order valence-electron chi connectivity index (χ0n) is 17.0. The van der Waals surface area contributed by atoms with Gasteiger partial charge in [0.25, 0.3) is 11.8 Å². The van der Waals surface area contributed by atoms with Crippen LogP contribution in [0.5, 0.6) is 17.2 Å².